The molecule has 0 aromatic heterocycles. The first-order valence-electron chi connectivity index (χ1n) is 6.17. The lowest BCUT2D eigenvalue weighted by Gasteiger charge is -2.11. The average Bonchev–Trinajstić information content (AvgIpc) is 2.38. The summed E-state index contributed by atoms with van der Waals surface area (Å²) in [4.78, 5) is 11.2. The first-order chi connectivity index (χ1) is 8.67. The lowest BCUT2D eigenvalue weighted by molar-refractivity contribution is -0.144. The van der Waals surface area contributed by atoms with Crippen LogP contribution in [0.3, 0.4) is 0 Å². The second-order valence-electron chi connectivity index (χ2n) is 4.14. The molecule has 0 aliphatic rings. The normalized spacial score (nSPS) is 11.9. The second-order valence-corrected chi connectivity index (χ2v) is 4.14. The van der Waals surface area contributed by atoms with Crippen molar-refractivity contribution in [3.05, 3.63) is 29.8 Å². The van der Waals surface area contributed by atoms with E-state index in [2.05, 4.69) is 10.1 Å². The SMILES string of the molecule is CCOc1cccc(CNCC(C)C(=O)OC)c1. The Morgan fingerprint density at radius 3 is 2.89 bits per heavy atom. The highest BCUT2D eigenvalue weighted by molar-refractivity contribution is 5.72. The summed E-state index contributed by atoms with van der Waals surface area (Å²) in [7, 11) is 1.41. The van der Waals surface area contributed by atoms with Crippen molar-refractivity contribution >= 4 is 5.97 Å². The van der Waals surface area contributed by atoms with Crippen LogP contribution >= 0.6 is 0 Å². The third-order valence-corrected chi connectivity index (χ3v) is 2.59. The maximum Gasteiger partial charge on any atom is 0.309 e. The summed E-state index contributed by atoms with van der Waals surface area (Å²) in [5.41, 5.74) is 1.14. The van der Waals surface area contributed by atoms with Gasteiger partial charge in [-0.25, -0.2) is 0 Å². The molecule has 4 heteroatoms. The van der Waals surface area contributed by atoms with Gasteiger partial charge in [-0.15, -0.1) is 0 Å². The van der Waals surface area contributed by atoms with Crippen molar-refractivity contribution in [3.63, 3.8) is 0 Å². The van der Waals surface area contributed by atoms with Crippen molar-refractivity contribution in [1.29, 1.82) is 0 Å². The van der Waals surface area contributed by atoms with Gasteiger partial charge in [0.15, 0.2) is 0 Å². The molecule has 0 spiro atoms. The van der Waals surface area contributed by atoms with Gasteiger partial charge in [-0.3, -0.25) is 4.79 Å². The number of carbonyl (C=O) groups excluding carboxylic acids is 1. The topological polar surface area (TPSA) is 47.6 Å². The van der Waals surface area contributed by atoms with Crippen LogP contribution in [0.1, 0.15) is 19.4 Å². The molecule has 100 valence electrons. The molecule has 0 saturated carbocycles. The van der Waals surface area contributed by atoms with Gasteiger partial charge in [-0.05, 0) is 24.6 Å². The molecule has 1 rings (SSSR count). The van der Waals surface area contributed by atoms with E-state index < -0.39 is 0 Å². The molecule has 1 aromatic rings. The molecule has 1 atom stereocenters. The third kappa shape index (κ3) is 4.75. The summed E-state index contributed by atoms with van der Waals surface area (Å²) in [6, 6.07) is 7.92. The molecule has 0 aliphatic heterocycles. The zero-order valence-corrected chi connectivity index (χ0v) is 11.2. The zero-order chi connectivity index (χ0) is 13.4. The van der Waals surface area contributed by atoms with Crippen molar-refractivity contribution < 1.29 is 14.3 Å². The number of nitrogens with one attached hydrogen (secondary N) is 1. The maximum absolute atomic E-state index is 11.2. The first kappa shape index (κ1) is 14.5. The molecule has 1 unspecified atom stereocenters. The highest BCUT2D eigenvalue weighted by Gasteiger charge is 2.11. The summed E-state index contributed by atoms with van der Waals surface area (Å²) >= 11 is 0. The van der Waals surface area contributed by atoms with Gasteiger partial charge in [-0.2, -0.15) is 0 Å². The van der Waals surface area contributed by atoms with Crippen molar-refractivity contribution in [3.8, 4) is 5.75 Å². The van der Waals surface area contributed by atoms with Crippen LogP contribution in [-0.4, -0.2) is 26.2 Å². The van der Waals surface area contributed by atoms with Gasteiger partial charge in [0.25, 0.3) is 0 Å². The molecule has 0 aliphatic carbocycles. The molecule has 4 nitrogen and oxygen atoms in total. The minimum absolute atomic E-state index is 0.134. The number of carbonyl (C=O) groups is 1. The van der Waals surface area contributed by atoms with Crippen LogP contribution in [0.25, 0.3) is 0 Å². The maximum atomic E-state index is 11.2. The zero-order valence-electron chi connectivity index (χ0n) is 11.2. The van der Waals surface area contributed by atoms with Crippen LogP contribution < -0.4 is 10.1 Å². The van der Waals surface area contributed by atoms with Gasteiger partial charge >= 0.3 is 5.97 Å². The minimum Gasteiger partial charge on any atom is -0.494 e. The van der Waals surface area contributed by atoms with Crippen LogP contribution in [0.15, 0.2) is 24.3 Å². The molecule has 18 heavy (non-hydrogen) atoms. The molecule has 0 amide bonds. The average molecular weight is 251 g/mol. The predicted molar refractivity (Wildman–Crippen MR) is 70.5 cm³/mol. The minimum atomic E-state index is -0.189. The van der Waals surface area contributed by atoms with Crippen LogP contribution in [0.4, 0.5) is 0 Å². The number of rotatable bonds is 7. The third-order valence-electron chi connectivity index (χ3n) is 2.59. The van der Waals surface area contributed by atoms with Gasteiger partial charge in [0.1, 0.15) is 5.75 Å². The number of hydrogen-bond acceptors (Lipinski definition) is 4. The van der Waals surface area contributed by atoms with Crippen molar-refractivity contribution in [2.45, 2.75) is 20.4 Å². The van der Waals surface area contributed by atoms with E-state index >= 15 is 0 Å². The van der Waals surface area contributed by atoms with E-state index in [0.29, 0.717) is 19.7 Å². The fraction of sp³-hybridized carbons (Fsp3) is 0.500. The van der Waals surface area contributed by atoms with E-state index in [4.69, 9.17) is 4.74 Å². The fourth-order valence-electron chi connectivity index (χ4n) is 1.63. The van der Waals surface area contributed by atoms with Crippen molar-refractivity contribution in [2.24, 2.45) is 5.92 Å². The molecule has 0 bridgehead atoms. The number of hydrogen-bond donors (Lipinski definition) is 1. The number of esters is 1. The van der Waals surface area contributed by atoms with Crippen LogP contribution in [0.5, 0.6) is 5.75 Å². The fourth-order valence-corrected chi connectivity index (χ4v) is 1.63. The first-order valence-corrected chi connectivity index (χ1v) is 6.17. The Hall–Kier alpha value is -1.55. The van der Waals surface area contributed by atoms with E-state index in [1.165, 1.54) is 7.11 Å². The van der Waals surface area contributed by atoms with Crippen molar-refractivity contribution in [2.75, 3.05) is 20.3 Å². The molecule has 0 saturated heterocycles. The Kier molecular flexibility index (Phi) is 6.22. The number of ether oxygens (including phenoxy) is 2. The number of methoxy groups -OCH3 is 1. The molecule has 0 heterocycles. The van der Waals surface area contributed by atoms with Gasteiger partial charge < -0.3 is 14.8 Å². The summed E-state index contributed by atoms with van der Waals surface area (Å²) < 4.78 is 10.1. The predicted octanol–water partition coefficient (Wildman–Crippen LogP) is 1.98. The standard InChI is InChI=1S/C14H21NO3/c1-4-18-13-7-5-6-12(8-13)10-15-9-11(2)14(16)17-3/h5-8,11,15H,4,9-10H2,1-3H3. The molecular weight excluding hydrogens is 230 g/mol. The van der Waals surface area contributed by atoms with E-state index in [1.807, 2.05) is 38.1 Å². The Bertz CT molecular complexity index is 379. The largest absolute Gasteiger partial charge is 0.494 e. The van der Waals surface area contributed by atoms with Crippen LogP contribution in [-0.2, 0) is 16.1 Å². The summed E-state index contributed by atoms with van der Waals surface area (Å²) in [5, 5.41) is 3.23. The van der Waals surface area contributed by atoms with E-state index in [1.54, 1.807) is 0 Å². The Morgan fingerprint density at radius 2 is 2.22 bits per heavy atom. The van der Waals surface area contributed by atoms with E-state index in [0.717, 1.165) is 11.3 Å². The Balaban J connectivity index is 2.39. The number of benzene rings is 1. The summed E-state index contributed by atoms with van der Waals surface area (Å²) in [6.45, 7) is 5.78. The van der Waals surface area contributed by atoms with E-state index in [-0.39, 0.29) is 11.9 Å². The molecular formula is C14H21NO3. The highest BCUT2D eigenvalue weighted by atomic mass is 16.5. The molecule has 0 radical (unpaired) electrons. The van der Waals surface area contributed by atoms with Crippen LogP contribution in [0.2, 0.25) is 0 Å². The molecule has 0 fully saturated rings. The lowest BCUT2D eigenvalue weighted by Crippen LogP contribution is -2.26. The summed E-state index contributed by atoms with van der Waals surface area (Å²) in [5.74, 6) is 0.549. The molecule has 1 N–H and O–H groups in total. The summed E-state index contributed by atoms with van der Waals surface area (Å²) in [6.07, 6.45) is 0. The second kappa shape index (κ2) is 7.71. The van der Waals surface area contributed by atoms with Gasteiger partial charge in [0.05, 0.1) is 19.6 Å². The Morgan fingerprint density at radius 1 is 1.44 bits per heavy atom. The van der Waals surface area contributed by atoms with Crippen LogP contribution in [0, 0.1) is 5.92 Å². The highest BCUT2D eigenvalue weighted by Crippen LogP contribution is 2.13. The Labute approximate surface area is 108 Å². The van der Waals surface area contributed by atoms with Crippen molar-refractivity contribution in [1.82, 2.24) is 5.32 Å². The lowest BCUT2D eigenvalue weighted by atomic mass is 10.1. The van der Waals surface area contributed by atoms with E-state index in [9.17, 15) is 4.79 Å². The van der Waals surface area contributed by atoms with Gasteiger partial charge in [0, 0.05) is 13.1 Å². The quantitative estimate of drug-likeness (QED) is 0.753. The van der Waals surface area contributed by atoms with Gasteiger partial charge in [0.2, 0.25) is 0 Å². The monoisotopic (exact) mass is 251 g/mol. The smallest absolute Gasteiger partial charge is 0.309 e. The molecule has 1 aromatic carbocycles. The van der Waals surface area contributed by atoms with Gasteiger partial charge in [-0.1, -0.05) is 19.1 Å².